The van der Waals surface area contributed by atoms with Crippen LogP contribution in [-0.2, 0) is 0 Å². The maximum absolute atomic E-state index is 12.6. The molecule has 0 fully saturated rings. The second-order valence-electron chi connectivity index (χ2n) is 5.44. The van der Waals surface area contributed by atoms with Crippen molar-refractivity contribution in [2.24, 2.45) is 0 Å². The van der Waals surface area contributed by atoms with Gasteiger partial charge in [0.1, 0.15) is 5.69 Å². The first-order chi connectivity index (χ1) is 12.7. The second-order valence-corrected chi connectivity index (χ2v) is 5.44. The van der Waals surface area contributed by atoms with Crippen LogP contribution in [0, 0.1) is 0 Å². The third kappa shape index (κ3) is 2.93. The van der Waals surface area contributed by atoms with E-state index < -0.39 is 11.8 Å². The first-order valence-electron chi connectivity index (χ1n) is 7.80. The van der Waals surface area contributed by atoms with Crippen LogP contribution in [0.1, 0.15) is 20.9 Å². The van der Waals surface area contributed by atoms with Crippen LogP contribution in [0.3, 0.4) is 0 Å². The summed E-state index contributed by atoms with van der Waals surface area (Å²) in [6, 6.07) is 15.5. The smallest absolute Gasteiger partial charge is 0.305 e. The molecule has 7 nitrogen and oxygen atoms in total. The van der Waals surface area contributed by atoms with Crippen molar-refractivity contribution < 1.29 is 18.4 Å². The Hall–Kier alpha value is -3.87. The molecule has 2 N–H and O–H groups in total. The van der Waals surface area contributed by atoms with Gasteiger partial charge < -0.3 is 8.83 Å². The number of hydrogen-bond donors (Lipinski definition) is 2. The number of pyridine rings is 1. The Kier molecular flexibility index (Phi) is 3.95. The summed E-state index contributed by atoms with van der Waals surface area (Å²) in [5, 5.41) is 0.660. The lowest BCUT2D eigenvalue weighted by molar-refractivity contribution is 0.0831. The molecule has 0 spiro atoms. The molecule has 3 heterocycles. The molecule has 4 rings (SSSR count). The molecule has 0 radical (unpaired) electrons. The van der Waals surface area contributed by atoms with Crippen LogP contribution in [0.25, 0.3) is 22.4 Å². The van der Waals surface area contributed by atoms with Crippen molar-refractivity contribution >= 4 is 22.7 Å². The largest absolute Gasteiger partial charge is 0.463 e. The maximum atomic E-state index is 12.6. The molecule has 0 aliphatic carbocycles. The van der Waals surface area contributed by atoms with Crippen molar-refractivity contribution in [2.75, 3.05) is 0 Å². The van der Waals surface area contributed by atoms with Crippen molar-refractivity contribution in [1.29, 1.82) is 0 Å². The minimum absolute atomic E-state index is 0.0983. The predicted molar refractivity (Wildman–Crippen MR) is 93.1 cm³/mol. The van der Waals surface area contributed by atoms with E-state index in [4.69, 9.17) is 8.83 Å². The fraction of sp³-hybridized carbons (Fsp3) is 0. The van der Waals surface area contributed by atoms with E-state index >= 15 is 0 Å². The van der Waals surface area contributed by atoms with Gasteiger partial charge in [0.2, 0.25) is 0 Å². The molecule has 7 heteroatoms. The molecule has 0 aliphatic heterocycles. The molecule has 4 aromatic rings. The topological polar surface area (TPSA) is 97.4 Å². The molecule has 0 unspecified atom stereocenters. The zero-order valence-corrected chi connectivity index (χ0v) is 13.4. The Morgan fingerprint density at radius 1 is 0.846 bits per heavy atom. The number of benzene rings is 1. The van der Waals surface area contributed by atoms with Gasteiger partial charge in [0.15, 0.2) is 11.5 Å². The second kappa shape index (κ2) is 6.56. The fourth-order valence-corrected chi connectivity index (χ4v) is 2.56. The third-order valence-electron chi connectivity index (χ3n) is 3.77. The van der Waals surface area contributed by atoms with Crippen LogP contribution in [0.5, 0.6) is 0 Å². The van der Waals surface area contributed by atoms with E-state index in [1.54, 1.807) is 36.4 Å². The molecule has 3 aromatic heterocycles. The number of rotatable bonds is 3. The number of fused-ring (bicyclic) bond motifs is 1. The maximum Gasteiger partial charge on any atom is 0.305 e. The van der Waals surface area contributed by atoms with E-state index in [1.165, 1.54) is 18.6 Å². The zero-order chi connectivity index (χ0) is 17.9. The SMILES string of the molecule is O=C(NNC(=O)c1cc(-c2ccco2)nc2ccccc12)c1ccco1. The van der Waals surface area contributed by atoms with Crippen LogP contribution >= 0.6 is 0 Å². The van der Waals surface area contributed by atoms with Crippen molar-refractivity contribution in [3.8, 4) is 11.5 Å². The lowest BCUT2D eigenvalue weighted by Crippen LogP contribution is -2.41. The van der Waals surface area contributed by atoms with Gasteiger partial charge >= 0.3 is 5.91 Å². The Balaban J connectivity index is 1.66. The van der Waals surface area contributed by atoms with Gasteiger partial charge in [-0.3, -0.25) is 20.4 Å². The van der Waals surface area contributed by atoms with E-state index in [0.29, 0.717) is 27.9 Å². The van der Waals surface area contributed by atoms with Crippen LogP contribution in [0.4, 0.5) is 0 Å². The highest BCUT2D eigenvalue weighted by Crippen LogP contribution is 2.25. The Labute approximate surface area is 147 Å². The predicted octanol–water partition coefficient (Wildman–Crippen LogP) is 3.16. The van der Waals surface area contributed by atoms with E-state index in [2.05, 4.69) is 15.8 Å². The van der Waals surface area contributed by atoms with E-state index in [0.717, 1.165) is 0 Å². The van der Waals surface area contributed by atoms with Crippen LogP contribution < -0.4 is 10.9 Å². The van der Waals surface area contributed by atoms with Gasteiger partial charge in [-0.15, -0.1) is 0 Å². The standard InChI is InChI=1S/C19H13N3O4/c23-18(21-22-19(24)17-8-4-10-26-17)13-11-15(16-7-3-9-25-16)20-14-6-2-1-5-12(13)14/h1-11H,(H,21,23)(H,22,24). The molecule has 0 bridgehead atoms. The molecular formula is C19H13N3O4. The highest BCUT2D eigenvalue weighted by molar-refractivity contribution is 6.07. The lowest BCUT2D eigenvalue weighted by atomic mass is 10.1. The minimum Gasteiger partial charge on any atom is -0.463 e. The lowest BCUT2D eigenvalue weighted by Gasteiger charge is -2.10. The summed E-state index contributed by atoms with van der Waals surface area (Å²) >= 11 is 0. The minimum atomic E-state index is -0.548. The number of amides is 2. The first-order valence-corrected chi connectivity index (χ1v) is 7.80. The van der Waals surface area contributed by atoms with Gasteiger partial charge in [-0.1, -0.05) is 18.2 Å². The van der Waals surface area contributed by atoms with Crippen LogP contribution in [-0.4, -0.2) is 16.8 Å². The summed E-state index contributed by atoms with van der Waals surface area (Å²) in [5.74, 6) is -0.380. The molecule has 2 amide bonds. The van der Waals surface area contributed by atoms with Crippen LogP contribution in [0.2, 0.25) is 0 Å². The highest BCUT2D eigenvalue weighted by Gasteiger charge is 2.16. The van der Waals surface area contributed by atoms with Gasteiger partial charge in [0.25, 0.3) is 5.91 Å². The normalized spacial score (nSPS) is 10.6. The summed E-state index contributed by atoms with van der Waals surface area (Å²) < 4.78 is 10.4. The van der Waals surface area contributed by atoms with E-state index in [1.807, 2.05) is 12.1 Å². The number of carbonyl (C=O) groups is 2. The number of hydrazine groups is 1. The van der Waals surface area contributed by atoms with E-state index in [-0.39, 0.29) is 5.76 Å². The number of nitrogens with zero attached hydrogens (tertiary/aromatic N) is 1. The molecular weight excluding hydrogens is 334 g/mol. The van der Waals surface area contributed by atoms with Crippen molar-refractivity contribution in [1.82, 2.24) is 15.8 Å². The zero-order valence-electron chi connectivity index (χ0n) is 13.4. The average molecular weight is 347 g/mol. The molecule has 0 saturated heterocycles. The van der Waals surface area contributed by atoms with Crippen molar-refractivity contribution in [3.05, 3.63) is 78.4 Å². The summed E-state index contributed by atoms with van der Waals surface area (Å²) in [4.78, 5) is 29.1. The number of para-hydroxylation sites is 1. The van der Waals surface area contributed by atoms with E-state index in [9.17, 15) is 9.59 Å². The Morgan fingerprint density at radius 2 is 1.62 bits per heavy atom. The summed E-state index contributed by atoms with van der Waals surface area (Å²) in [7, 11) is 0. The fourth-order valence-electron chi connectivity index (χ4n) is 2.56. The van der Waals surface area contributed by atoms with Gasteiger partial charge in [0, 0.05) is 5.39 Å². The third-order valence-corrected chi connectivity index (χ3v) is 3.77. The average Bonchev–Trinajstić information content (AvgIpc) is 3.38. The highest BCUT2D eigenvalue weighted by atomic mass is 16.3. The number of nitrogens with one attached hydrogen (secondary N) is 2. The molecule has 26 heavy (non-hydrogen) atoms. The van der Waals surface area contributed by atoms with Gasteiger partial charge in [-0.25, -0.2) is 4.98 Å². The molecule has 0 aliphatic rings. The summed E-state index contributed by atoms with van der Waals surface area (Å²) in [5.41, 5.74) is 6.25. The number of carbonyl (C=O) groups excluding carboxylic acids is 2. The molecule has 1 aromatic carbocycles. The number of furan rings is 2. The molecule has 0 saturated carbocycles. The Morgan fingerprint density at radius 3 is 2.38 bits per heavy atom. The monoisotopic (exact) mass is 347 g/mol. The molecule has 0 atom stereocenters. The summed E-state index contributed by atoms with van der Waals surface area (Å²) in [6.45, 7) is 0. The van der Waals surface area contributed by atoms with Crippen molar-refractivity contribution in [3.63, 3.8) is 0 Å². The number of hydrogen-bond acceptors (Lipinski definition) is 5. The number of aromatic nitrogens is 1. The first kappa shape index (κ1) is 15.6. The Bertz CT molecular complexity index is 1070. The quantitative estimate of drug-likeness (QED) is 0.555. The summed E-state index contributed by atoms with van der Waals surface area (Å²) in [6.07, 6.45) is 2.91. The van der Waals surface area contributed by atoms with Gasteiger partial charge in [0.05, 0.1) is 23.6 Å². The van der Waals surface area contributed by atoms with Gasteiger partial charge in [-0.05, 0) is 36.4 Å². The van der Waals surface area contributed by atoms with Crippen molar-refractivity contribution in [2.45, 2.75) is 0 Å². The van der Waals surface area contributed by atoms with Crippen LogP contribution in [0.15, 0.2) is 76.0 Å². The molecule has 128 valence electrons. The van der Waals surface area contributed by atoms with Gasteiger partial charge in [-0.2, -0.15) is 0 Å².